The van der Waals surface area contributed by atoms with Crippen molar-refractivity contribution in [1.29, 1.82) is 0 Å². The van der Waals surface area contributed by atoms with Gasteiger partial charge in [0, 0.05) is 6.54 Å². The van der Waals surface area contributed by atoms with Crippen LogP contribution in [0.15, 0.2) is 29.3 Å². The van der Waals surface area contributed by atoms with Crippen molar-refractivity contribution in [3.8, 4) is 0 Å². The molecule has 0 spiro atoms. The molecule has 0 rings (SSSR count). The van der Waals surface area contributed by atoms with Crippen LogP contribution in [0.5, 0.6) is 0 Å². The average molecular weight is 464 g/mol. The number of hydrogen-bond acceptors (Lipinski definition) is 1. The van der Waals surface area contributed by atoms with E-state index >= 15 is 0 Å². The quantitative estimate of drug-likeness (QED) is 0.0694. The molecule has 0 aromatic rings. The highest BCUT2D eigenvalue weighted by molar-refractivity contribution is 6.82. The number of rotatable bonds is 21. The van der Waals surface area contributed by atoms with Crippen molar-refractivity contribution in [3.05, 3.63) is 24.3 Å². The molecule has 3 heteroatoms. The first kappa shape index (κ1) is 30.6. The summed E-state index contributed by atoms with van der Waals surface area (Å²) in [5.74, 6) is 0. The minimum atomic E-state index is -1.18. The molecule has 0 radical (unpaired) electrons. The van der Waals surface area contributed by atoms with Crippen molar-refractivity contribution in [2.24, 2.45) is 4.99 Å². The standard InChI is InChI=1S/C28H57NSi2/c1-7-13-25-30(21-9-3,22-10-4)27-18-16-15-17-19-29-20-28-31(23-11-5,24-12-6)26-14-8-2/h7-8,13-14,20H,9-12,15-19,21-28H2,1-6H3/b13-7+,14-8+,29-20?. The highest BCUT2D eigenvalue weighted by Gasteiger charge is 2.29. The van der Waals surface area contributed by atoms with E-state index in [2.05, 4.69) is 72.1 Å². The molecule has 1 nitrogen and oxygen atoms in total. The van der Waals surface area contributed by atoms with Crippen LogP contribution in [0.4, 0.5) is 0 Å². The van der Waals surface area contributed by atoms with Gasteiger partial charge in [0.25, 0.3) is 0 Å². The summed E-state index contributed by atoms with van der Waals surface area (Å²) in [6.07, 6.45) is 22.7. The lowest BCUT2D eigenvalue weighted by Gasteiger charge is -2.30. The van der Waals surface area contributed by atoms with Crippen LogP contribution in [-0.4, -0.2) is 28.9 Å². The Morgan fingerprint density at radius 1 is 0.548 bits per heavy atom. The molecule has 31 heavy (non-hydrogen) atoms. The summed E-state index contributed by atoms with van der Waals surface area (Å²) in [5, 5.41) is 0. The van der Waals surface area contributed by atoms with Gasteiger partial charge < -0.3 is 0 Å². The number of nitrogens with zero attached hydrogens (tertiary/aromatic N) is 1. The highest BCUT2D eigenvalue weighted by Crippen LogP contribution is 2.32. The van der Waals surface area contributed by atoms with Gasteiger partial charge in [0.1, 0.15) is 0 Å². The van der Waals surface area contributed by atoms with Gasteiger partial charge in [0.15, 0.2) is 0 Å². The molecular formula is C28H57NSi2. The minimum Gasteiger partial charge on any atom is -0.298 e. The number of hydrogen-bond donors (Lipinski definition) is 0. The third-order valence-electron chi connectivity index (χ3n) is 7.09. The fourth-order valence-corrected chi connectivity index (χ4v) is 15.4. The van der Waals surface area contributed by atoms with Crippen LogP contribution < -0.4 is 0 Å². The molecule has 0 aliphatic carbocycles. The second-order valence-corrected chi connectivity index (χ2v) is 19.7. The van der Waals surface area contributed by atoms with Crippen molar-refractivity contribution in [2.75, 3.05) is 6.54 Å². The van der Waals surface area contributed by atoms with Crippen molar-refractivity contribution in [1.82, 2.24) is 0 Å². The fourth-order valence-electron chi connectivity index (χ4n) is 5.56. The maximum Gasteiger partial charge on any atom is 0.0626 e. The Morgan fingerprint density at radius 3 is 1.55 bits per heavy atom. The predicted molar refractivity (Wildman–Crippen MR) is 153 cm³/mol. The summed E-state index contributed by atoms with van der Waals surface area (Å²) in [5.41, 5.74) is 0. The molecular weight excluding hydrogens is 406 g/mol. The first-order chi connectivity index (χ1) is 15.1. The number of allylic oxidation sites excluding steroid dienone is 4. The van der Waals surface area contributed by atoms with Gasteiger partial charge in [-0.05, 0) is 44.6 Å². The van der Waals surface area contributed by atoms with Gasteiger partial charge in [-0.1, -0.05) is 127 Å². The van der Waals surface area contributed by atoms with E-state index in [9.17, 15) is 0 Å². The zero-order valence-electron chi connectivity index (χ0n) is 22.4. The van der Waals surface area contributed by atoms with Crippen LogP contribution in [0.25, 0.3) is 0 Å². The molecule has 182 valence electrons. The van der Waals surface area contributed by atoms with E-state index in [1.165, 1.54) is 93.7 Å². The van der Waals surface area contributed by atoms with Crippen LogP contribution in [0.2, 0.25) is 48.4 Å². The number of aliphatic imine (C=N–C) groups is 1. The summed E-state index contributed by atoms with van der Waals surface area (Å²) >= 11 is 0. The first-order valence-electron chi connectivity index (χ1n) is 13.8. The van der Waals surface area contributed by atoms with Crippen LogP contribution in [0.3, 0.4) is 0 Å². The van der Waals surface area contributed by atoms with E-state index in [4.69, 9.17) is 4.99 Å². The molecule has 0 amide bonds. The van der Waals surface area contributed by atoms with Crippen molar-refractivity contribution in [2.45, 2.75) is 141 Å². The lowest BCUT2D eigenvalue weighted by Crippen LogP contribution is -2.33. The Hall–Kier alpha value is -0.416. The SMILES string of the molecule is C/C=C/C[Si](CC=NCCCCCC[Si](C/C=C/C)(CCC)CCC)(CCC)CCC. The summed E-state index contributed by atoms with van der Waals surface area (Å²) in [7, 11) is -2.25. The molecule has 0 atom stereocenters. The normalized spacial score (nSPS) is 13.4. The van der Waals surface area contributed by atoms with Crippen molar-refractivity contribution >= 4 is 22.4 Å². The molecule has 0 aliphatic rings. The largest absolute Gasteiger partial charge is 0.298 e. The van der Waals surface area contributed by atoms with Crippen molar-refractivity contribution in [3.63, 3.8) is 0 Å². The Bertz CT molecular complexity index is 469. The average Bonchev–Trinajstić information content (AvgIpc) is 2.76. The minimum absolute atomic E-state index is 1.05. The van der Waals surface area contributed by atoms with Crippen LogP contribution in [-0.2, 0) is 0 Å². The molecule has 0 aliphatic heterocycles. The monoisotopic (exact) mass is 463 g/mol. The van der Waals surface area contributed by atoms with Gasteiger partial charge in [-0.25, -0.2) is 0 Å². The maximum absolute atomic E-state index is 4.86. The summed E-state index contributed by atoms with van der Waals surface area (Å²) in [4.78, 5) is 4.86. The van der Waals surface area contributed by atoms with Gasteiger partial charge in [0.05, 0.1) is 16.1 Å². The topological polar surface area (TPSA) is 12.4 Å². The van der Waals surface area contributed by atoms with E-state index in [1.807, 2.05) is 0 Å². The van der Waals surface area contributed by atoms with E-state index in [-0.39, 0.29) is 0 Å². The van der Waals surface area contributed by atoms with Crippen LogP contribution in [0, 0.1) is 0 Å². The number of unbranched alkanes of at least 4 members (excludes halogenated alkanes) is 3. The van der Waals surface area contributed by atoms with Crippen molar-refractivity contribution < 1.29 is 0 Å². The van der Waals surface area contributed by atoms with Gasteiger partial charge >= 0.3 is 0 Å². The first-order valence-corrected chi connectivity index (χ1v) is 19.4. The third-order valence-corrected chi connectivity index (χ3v) is 18.0. The smallest absolute Gasteiger partial charge is 0.0626 e. The molecule has 0 N–H and O–H groups in total. The highest BCUT2D eigenvalue weighted by atomic mass is 28.3. The zero-order valence-corrected chi connectivity index (χ0v) is 24.4. The lowest BCUT2D eigenvalue weighted by atomic mass is 10.2. The van der Waals surface area contributed by atoms with Gasteiger partial charge in [0.2, 0.25) is 0 Å². The molecule has 0 bridgehead atoms. The molecule has 0 aromatic carbocycles. The summed E-state index contributed by atoms with van der Waals surface area (Å²) < 4.78 is 0. The Morgan fingerprint density at radius 2 is 1.03 bits per heavy atom. The van der Waals surface area contributed by atoms with E-state index < -0.39 is 16.1 Å². The van der Waals surface area contributed by atoms with E-state index in [0.29, 0.717) is 0 Å². The van der Waals surface area contributed by atoms with Gasteiger partial charge in [-0.2, -0.15) is 0 Å². The second-order valence-electron chi connectivity index (χ2n) is 10.0. The molecule has 0 fully saturated rings. The van der Waals surface area contributed by atoms with E-state index in [0.717, 1.165) is 6.54 Å². The molecule has 0 saturated heterocycles. The Kier molecular flexibility index (Phi) is 19.9. The zero-order chi connectivity index (χ0) is 23.3. The van der Waals surface area contributed by atoms with Gasteiger partial charge in [-0.3, -0.25) is 4.99 Å². The lowest BCUT2D eigenvalue weighted by molar-refractivity contribution is 0.668. The maximum atomic E-state index is 4.86. The third kappa shape index (κ3) is 14.4. The molecule has 0 aromatic heterocycles. The Labute approximate surface area is 199 Å². The fraction of sp³-hybridized carbons (Fsp3) is 0.821. The summed E-state index contributed by atoms with van der Waals surface area (Å²) in [6.45, 7) is 14.9. The summed E-state index contributed by atoms with van der Waals surface area (Å²) in [6, 6.07) is 11.6. The molecule has 0 saturated carbocycles. The van der Waals surface area contributed by atoms with E-state index in [1.54, 1.807) is 6.04 Å². The Balaban J connectivity index is 4.37. The predicted octanol–water partition coefficient (Wildman–Crippen LogP) is 10.3. The second kappa shape index (κ2) is 20.2. The van der Waals surface area contributed by atoms with Crippen LogP contribution in [0.1, 0.15) is 92.9 Å². The van der Waals surface area contributed by atoms with Crippen LogP contribution >= 0.6 is 0 Å². The molecule has 0 heterocycles. The van der Waals surface area contributed by atoms with Gasteiger partial charge in [-0.15, -0.1) is 0 Å². The molecule has 0 unspecified atom stereocenters.